The van der Waals surface area contributed by atoms with Gasteiger partial charge in [0.05, 0.1) is 17.8 Å². The molecular formula is C10H16N2O. The molecule has 3 nitrogen and oxygen atoms in total. The first-order valence-corrected chi connectivity index (χ1v) is 4.54. The number of hydrogen-bond acceptors (Lipinski definition) is 3. The smallest absolute Gasteiger partial charge is 0.0733 e. The van der Waals surface area contributed by atoms with E-state index in [0.717, 1.165) is 17.7 Å². The molecule has 0 aliphatic heterocycles. The Morgan fingerprint density at radius 2 is 2.31 bits per heavy atom. The maximum atomic E-state index is 9.33. The van der Waals surface area contributed by atoms with E-state index in [4.69, 9.17) is 5.73 Å². The molecule has 1 rings (SSSR count). The maximum absolute atomic E-state index is 9.33. The SMILES string of the molecule is CCc1cccnc1[C@H](N)[C@H](C)O. The summed E-state index contributed by atoms with van der Waals surface area (Å²) in [5.74, 6) is 0. The van der Waals surface area contributed by atoms with Crippen LogP contribution >= 0.6 is 0 Å². The molecule has 3 heteroatoms. The molecule has 72 valence electrons. The topological polar surface area (TPSA) is 59.1 Å². The van der Waals surface area contributed by atoms with Crippen LogP contribution in [0.4, 0.5) is 0 Å². The molecule has 0 amide bonds. The third-order valence-corrected chi connectivity index (χ3v) is 2.14. The number of aliphatic hydroxyl groups is 1. The molecular weight excluding hydrogens is 164 g/mol. The summed E-state index contributed by atoms with van der Waals surface area (Å²) in [6.07, 6.45) is 2.04. The summed E-state index contributed by atoms with van der Waals surface area (Å²) >= 11 is 0. The van der Waals surface area contributed by atoms with Gasteiger partial charge in [-0.1, -0.05) is 13.0 Å². The van der Waals surface area contributed by atoms with Gasteiger partial charge < -0.3 is 10.8 Å². The van der Waals surface area contributed by atoms with Crippen LogP contribution in [0.25, 0.3) is 0 Å². The number of nitrogens with zero attached hydrogens (tertiary/aromatic N) is 1. The number of aliphatic hydroxyl groups excluding tert-OH is 1. The van der Waals surface area contributed by atoms with Gasteiger partial charge in [0.1, 0.15) is 0 Å². The van der Waals surface area contributed by atoms with Crippen LogP contribution in [0.3, 0.4) is 0 Å². The van der Waals surface area contributed by atoms with Crippen molar-refractivity contribution in [3.63, 3.8) is 0 Å². The Kier molecular flexibility index (Phi) is 3.39. The summed E-state index contributed by atoms with van der Waals surface area (Å²) in [6.45, 7) is 3.73. The van der Waals surface area contributed by atoms with E-state index >= 15 is 0 Å². The lowest BCUT2D eigenvalue weighted by Crippen LogP contribution is -2.25. The van der Waals surface area contributed by atoms with Gasteiger partial charge in [-0.25, -0.2) is 0 Å². The molecule has 2 atom stereocenters. The van der Waals surface area contributed by atoms with Gasteiger partial charge in [0, 0.05) is 6.20 Å². The van der Waals surface area contributed by atoms with Crippen molar-refractivity contribution >= 4 is 0 Å². The van der Waals surface area contributed by atoms with Crippen LogP contribution in [0.5, 0.6) is 0 Å². The Morgan fingerprint density at radius 3 is 2.85 bits per heavy atom. The highest BCUT2D eigenvalue weighted by atomic mass is 16.3. The lowest BCUT2D eigenvalue weighted by atomic mass is 10.0. The molecule has 0 bridgehead atoms. The zero-order valence-electron chi connectivity index (χ0n) is 8.07. The van der Waals surface area contributed by atoms with Crippen LogP contribution in [0.2, 0.25) is 0 Å². The normalized spacial score (nSPS) is 15.4. The number of aromatic nitrogens is 1. The summed E-state index contributed by atoms with van der Waals surface area (Å²) < 4.78 is 0. The van der Waals surface area contributed by atoms with Gasteiger partial charge in [-0.05, 0) is 25.0 Å². The van der Waals surface area contributed by atoms with Gasteiger partial charge in [0.2, 0.25) is 0 Å². The number of aryl methyl sites for hydroxylation is 1. The number of pyridine rings is 1. The third kappa shape index (κ3) is 2.26. The Morgan fingerprint density at radius 1 is 1.62 bits per heavy atom. The molecule has 0 aromatic carbocycles. The van der Waals surface area contributed by atoms with Gasteiger partial charge in [0.15, 0.2) is 0 Å². The number of hydrogen-bond donors (Lipinski definition) is 2. The minimum atomic E-state index is -0.555. The molecule has 0 spiro atoms. The Labute approximate surface area is 78.6 Å². The molecule has 1 aromatic rings. The fraction of sp³-hybridized carbons (Fsp3) is 0.500. The summed E-state index contributed by atoms with van der Waals surface area (Å²) in [6, 6.07) is 3.50. The highest BCUT2D eigenvalue weighted by Gasteiger charge is 2.15. The largest absolute Gasteiger partial charge is 0.391 e. The monoisotopic (exact) mass is 180 g/mol. The first-order valence-electron chi connectivity index (χ1n) is 4.54. The van der Waals surface area contributed by atoms with Crippen LogP contribution < -0.4 is 5.73 Å². The van der Waals surface area contributed by atoms with E-state index in [0.29, 0.717) is 0 Å². The molecule has 0 saturated carbocycles. The highest BCUT2D eigenvalue weighted by molar-refractivity contribution is 5.23. The summed E-state index contributed by atoms with van der Waals surface area (Å²) in [7, 11) is 0. The van der Waals surface area contributed by atoms with Crippen LogP contribution in [0.15, 0.2) is 18.3 Å². The second kappa shape index (κ2) is 4.35. The van der Waals surface area contributed by atoms with E-state index in [1.807, 2.05) is 12.1 Å². The van der Waals surface area contributed by atoms with Crippen molar-refractivity contribution in [2.45, 2.75) is 32.4 Å². The van der Waals surface area contributed by atoms with Crippen molar-refractivity contribution in [1.29, 1.82) is 0 Å². The number of nitrogens with two attached hydrogens (primary N) is 1. The van der Waals surface area contributed by atoms with Crippen LogP contribution in [-0.2, 0) is 6.42 Å². The van der Waals surface area contributed by atoms with Crippen molar-refractivity contribution in [3.05, 3.63) is 29.6 Å². The van der Waals surface area contributed by atoms with Crippen molar-refractivity contribution in [2.24, 2.45) is 5.73 Å². The Hall–Kier alpha value is -0.930. The fourth-order valence-electron chi connectivity index (χ4n) is 1.28. The minimum Gasteiger partial charge on any atom is -0.391 e. The Bertz CT molecular complexity index is 273. The van der Waals surface area contributed by atoms with Gasteiger partial charge in [-0.3, -0.25) is 4.98 Å². The molecule has 0 radical (unpaired) electrons. The van der Waals surface area contributed by atoms with Gasteiger partial charge in [0.25, 0.3) is 0 Å². The lowest BCUT2D eigenvalue weighted by Gasteiger charge is -2.16. The molecule has 0 fully saturated rings. The van der Waals surface area contributed by atoms with Crippen LogP contribution in [0.1, 0.15) is 31.1 Å². The van der Waals surface area contributed by atoms with E-state index in [1.54, 1.807) is 13.1 Å². The second-order valence-corrected chi connectivity index (χ2v) is 3.17. The molecule has 3 N–H and O–H groups in total. The number of rotatable bonds is 3. The first kappa shape index (κ1) is 10.2. The summed E-state index contributed by atoms with van der Waals surface area (Å²) in [5.41, 5.74) is 7.71. The maximum Gasteiger partial charge on any atom is 0.0733 e. The quantitative estimate of drug-likeness (QED) is 0.730. The summed E-state index contributed by atoms with van der Waals surface area (Å²) in [4.78, 5) is 4.19. The van der Waals surface area contributed by atoms with E-state index in [2.05, 4.69) is 11.9 Å². The van der Waals surface area contributed by atoms with Crippen molar-refractivity contribution in [1.82, 2.24) is 4.98 Å². The molecule has 0 aliphatic rings. The van der Waals surface area contributed by atoms with Crippen LogP contribution in [0, 0.1) is 0 Å². The molecule has 13 heavy (non-hydrogen) atoms. The van der Waals surface area contributed by atoms with Crippen molar-refractivity contribution in [3.8, 4) is 0 Å². The van der Waals surface area contributed by atoms with Crippen molar-refractivity contribution in [2.75, 3.05) is 0 Å². The van der Waals surface area contributed by atoms with E-state index in [1.165, 1.54) is 0 Å². The molecule has 1 aromatic heterocycles. The predicted octanol–water partition coefficient (Wildman–Crippen LogP) is 1.02. The van der Waals surface area contributed by atoms with E-state index in [-0.39, 0.29) is 6.04 Å². The van der Waals surface area contributed by atoms with Gasteiger partial charge >= 0.3 is 0 Å². The minimum absolute atomic E-state index is 0.379. The average molecular weight is 180 g/mol. The van der Waals surface area contributed by atoms with Crippen LogP contribution in [-0.4, -0.2) is 16.2 Å². The Balaban J connectivity index is 2.98. The van der Waals surface area contributed by atoms with E-state index in [9.17, 15) is 5.11 Å². The predicted molar refractivity (Wildman–Crippen MR) is 52.2 cm³/mol. The average Bonchev–Trinajstić information content (AvgIpc) is 2.16. The molecule has 0 aliphatic carbocycles. The standard InChI is InChI=1S/C10H16N2O/c1-3-8-5-4-6-12-10(8)9(11)7(2)13/h4-7,9,13H,3,11H2,1-2H3/t7-,9+/m0/s1. The second-order valence-electron chi connectivity index (χ2n) is 3.17. The first-order chi connectivity index (χ1) is 6.16. The molecule has 0 unspecified atom stereocenters. The lowest BCUT2D eigenvalue weighted by molar-refractivity contribution is 0.162. The zero-order chi connectivity index (χ0) is 9.84. The summed E-state index contributed by atoms with van der Waals surface area (Å²) in [5, 5.41) is 9.33. The molecule has 1 heterocycles. The molecule has 0 saturated heterocycles. The van der Waals surface area contributed by atoms with Crippen molar-refractivity contribution < 1.29 is 5.11 Å². The third-order valence-electron chi connectivity index (χ3n) is 2.14. The van der Waals surface area contributed by atoms with Gasteiger partial charge in [-0.15, -0.1) is 0 Å². The fourth-order valence-corrected chi connectivity index (χ4v) is 1.28. The highest BCUT2D eigenvalue weighted by Crippen LogP contribution is 2.16. The van der Waals surface area contributed by atoms with E-state index < -0.39 is 6.10 Å². The zero-order valence-corrected chi connectivity index (χ0v) is 8.07. The van der Waals surface area contributed by atoms with Gasteiger partial charge in [-0.2, -0.15) is 0 Å².